The molecular formula is C12H20N4. The van der Waals surface area contributed by atoms with E-state index in [0.29, 0.717) is 11.9 Å². The number of aryl methyl sites for hydroxylation is 1. The van der Waals surface area contributed by atoms with E-state index in [4.69, 9.17) is 5.73 Å². The zero-order valence-electron chi connectivity index (χ0n) is 10.3. The average Bonchev–Trinajstić information content (AvgIpc) is 2.57. The molecule has 0 bridgehead atoms. The zero-order chi connectivity index (χ0) is 11.7. The first-order valence-electron chi connectivity index (χ1n) is 6.00. The summed E-state index contributed by atoms with van der Waals surface area (Å²) in [6.45, 7) is 7.64. The van der Waals surface area contributed by atoms with E-state index in [2.05, 4.69) is 35.6 Å². The molecule has 2 heterocycles. The number of nitrogens with zero attached hydrogens (tertiary/aromatic N) is 3. The molecule has 1 aliphatic heterocycles. The van der Waals surface area contributed by atoms with Gasteiger partial charge in [0.25, 0.3) is 0 Å². The summed E-state index contributed by atoms with van der Waals surface area (Å²) in [5.41, 5.74) is 5.80. The van der Waals surface area contributed by atoms with Gasteiger partial charge in [0, 0.05) is 25.1 Å². The quantitative estimate of drug-likeness (QED) is 0.826. The number of anilines is 2. The van der Waals surface area contributed by atoms with Crippen molar-refractivity contribution in [2.45, 2.75) is 39.7 Å². The second kappa shape index (κ2) is 4.28. The molecular weight excluding hydrogens is 200 g/mol. The Kier molecular flexibility index (Phi) is 2.99. The Hall–Kier alpha value is -1.32. The van der Waals surface area contributed by atoms with Crippen LogP contribution in [0, 0.1) is 5.92 Å². The van der Waals surface area contributed by atoms with Crippen molar-refractivity contribution in [1.82, 2.24) is 9.97 Å². The second-order valence-corrected chi connectivity index (χ2v) is 4.76. The van der Waals surface area contributed by atoms with Gasteiger partial charge in [0.15, 0.2) is 0 Å². The van der Waals surface area contributed by atoms with E-state index in [1.807, 2.05) is 6.07 Å². The largest absolute Gasteiger partial charge is 0.384 e. The third-order valence-electron chi connectivity index (χ3n) is 3.17. The molecule has 1 aromatic heterocycles. The first-order chi connectivity index (χ1) is 7.60. The summed E-state index contributed by atoms with van der Waals surface area (Å²) >= 11 is 0. The molecule has 0 radical (unpaired) electrons. The normalized spacial score (nSPS) is 25.1. The molecule has 0 saturated carbocycles. The minimum Gasteiger partial charge on any atom is -0.384 e. The highest BCUT2D eigenvalue weighted by Crippen LogP contribution is 2.28. The molecule has 2 rings (SSSR count). The Morgan fingerprint density at radius 1 is 1.44 bits per heavy atom. The second-order valence-electron chi connectivity index (χ2n) is 4.76. The lowest BCUT2D eigenvalue weighted by atomic mass is 10.1. The number of hydrogen-bond donors (Lipinski definition) is 1. The molecule has 2 atom stereocenters. The van der Waals surface area contributed by atoms with E-state index < -0.39 is 0 Å². The van der Waals surface area contributed by atoms with Gasteiger partial charge in [-0.1, -0.05) is 13.8 Å². The predicted molar refractivity (Wildman–Crippen MR) is 66.4 cm³/mol. The Balaban J connectivity index is 2.29. The highest BCUT2D eigenvalue weighted by molar-refractivity contribution is 5.48. The summed E-state index contributed by atoms with van der Waals surface area (Å²) < 4.78 is 0. The number of nitrogens with two attached hydrogens (primary N) is 1. The van der Waals surface area contributed by atoms with Crippen LogP contribution < -0.4 is 10.6 Å². The highest BCUT2D eigenvalue weighted by atomic mass is 15.2. The number of hydrogen-bond acceptors (Lipinski definition) is 4. The van der Waals surface area contributed by atoms with Crippen LogP contribution in [0.1, 0.15) is 33.0 Å². The molecule has 88 valence electrons. The van der Waals surface area contributed by atoms with Crippen molar-refractivity contribution in [2.75, 3.05) is 17.2 Å². The van der Waals surface area contributed by atoms with Crippen molar-refractivity contribution < 1.29 is 0 Å². The molecule has 4 heteroatoms. The molecule has 0 spiro atoms. The lowest BCUT2D eigenvalue weighted by molar-refractivity contribution is 0.625. The van der Waals surface area contributed by atoms with E-state index in [0.717, 1.165) is 30.5 Å². The molecule has 1 saturated heterocycles. The summed E-state index contributed by atoms with van der Waals surface area (Å²) in [6.07, 6.45) is 2.06. The van der Waals surface area contributed by atoms with Gasteiger partial charge in [-0.25, -0.2) is 9.97 Å². The van der Waals surface area contributed by atoms with E-state index >= 15 is 0 Å². The predicted octanol–water partition coefficient (Wildman–Crippen LogP) is 1.86. The van der Waals surface area contributed by atoms with Crippen LogP contribution in [0.4, 0.5) is 11.6 Å². The molecule has 0 amide bonds. The van der Waals surface area contributed by atoms with E-state index in [-0.39, 0.29) is 0 Å². The molecule has 1 aliphatic rings. The summed E-state index contributed by atoms with van der Waals surface area (Å²) in [6, 6.07) is 2.43. The van der Waals surface area contributed by atoms with E-state index in [1.54, 1.807) is 0 Å². The van der Waals surface area contributed by atoms with Crippen LogP contribution >= 0.6 is 0 Å². The lowest BCUT2D eigenvalue weighted by Gasteiger charge is -2.23. The van der Waals surface area contributed by atoms with Crippen LogP contribution in [0.2, 0.25) is 0 Å². The number of nitrogen functional groups attached to an aromatic ring is 1. The number of rotatable bonds is 2. The van der Waals surface area contributed by atoms with Gasteiger partial charge in [0.2, 0.25) is 0 Å². The van der Waals surface area contributed by atoms with Gasteiger partial charge in [-0.3, -0.25) is 0 Å². The maximum absolute atomic E-state index is 5.80. The monoisotopic (exact) mass is 220 g/mol. The molecule has 16 heavy (non-hydrogen) atoms. The molecule has 2 N–H and O–H groups in total. The molecule has 4 nitrogen and oxygen atoms in total. The standard InChI is InChI=1S/C12H20N4/c1-4-11-14-10(13)6-12(15-11)16-7-8(2)5-9(16)3/h6,8-9H,4-5,7H2,1-3H3,(H2,13,14,15). The molecule has 1 fully saturated rings. The Morgan fingerprint density at radius 2 is 2.19 bits per heavy atom. The Labute approximate surface area is 96.9 Å². The highest BCUT2D eigenvalue weighted by Gasteiger charge is 2.27. The van der Waals surface area contributed by atoms with Gasteiger partial charge in [0.05, 0.1) is 0 Å². The van der Waals surface area contributed by atoms with Crippen LogP contribution in [0.15, 0.2) is 6.07 Å². The lowest BCUT2D eigenvalue weighted by Crippen LogP contribution is -2.28. The topological polar surface area (TPSA) is 55.0 Å². The molecule has 2 unspecified atom stereocenters. The smallest absolute Gasteiger partial charge is 0.134 e. The van der Waals surface area contributed by atoms with Crippen LogP contribution in [0.5, 0.6) is 0 Å². The van der Waals surface area contributed by atoms with Crippen LogP contribution in [-0.4, -0.2) is 22.6 Å². The first kappa shape index (κ1) is 11.2. The van der Waals surface area contributed by atoms with Gasteiger partial charge in [0.1, 0.15) is 17.5 Å². The van der Waals surface area contributed by atoms with Gasteiger partial charge in [-0.2, -0.15) is 0 Å². The maximum Gasteiger partial charge on any atom is 0.134 e. The Bertz CT molecular complexity index is 377. The van der Waals surface area contributed by atoms with Crippen molar-refractivity contribution in [2.24, 2.45) is 5.92 Å². The van der Waals surface area contributed by atoms with Crippen LogP contribution in [0.3, 0.4) is 0 Å². The van der Waals surface area contributed by atoms with E-state index in [9.17, 15) is 0 Å². The summed E-state index contributed by atoms with van der Waals surface area (Å²) in [7, 11) is 0. The third kappa shape index (κ3) is 2.10. The van der Waals surface area contributed by atoms with Crippen LogP contribution in [0.25, 0.3) is 0 Å². The molecule has 0 aliphatic carbocycles. The minimum atomic E-state index is 0.550. The minimum absolute atomic E-state index is 0.550. The van der Waals surface area contributed by atoms with Gasteiger partial charge in [-0.05, 0) is 19.3 Å². The molecule has 1 aromatic rings. The van der Waals surface area contributed by atoms with Gasteiger partial charge >= 0.3 is 0 Å². The van der Waals surface area contributed by atoms with E-state index in [1.165, 1.54) is 6.42 Å². The third-order valence-corrected chi connectivity index (χ3v) is 3.17. The summed E-state index contributed by atoms with van der Waals surface area (Å²) in [5, 5.41) is 0. The zero-order valence-corrected chi connectivity index (χ0v) is 10.3. The fourth-order valence-corrected chi connectivity index (χ4v) is 2.43. The number of aromatic nitrogens is 2. The summed E-state index contributed by atoms with van der Waals surface area (Å²) in [5.74, 6) is 3.13. The summed E-state index contributed by atoms with van der Waals surface area (Å²) in [4.78, 5) is 11.1. The van der Waals surface area contributed by atoms with Gasteiger partial charge in [-0.15, -0.1) is 0 Å². The van der Waals surface area contributed by atoms with Gasteiger partial charge < -0.3 is 10.6 Å². The fraction of sp³-hybridized carbons (Fsp3) is 0.667. The fourth-order valence-electron chi connectivity index (χ4n) is 2.43. The van der Waals surface area contributed by atoms with Crippen LogP contribution in [-0.2, 0) is 6.42 Å². The Morgan fingerprint density at radius 3 is 2.75 bits per heavy atom. The average molecular weight is 220 g/mol. The van der Waals surface area contributed by atoms with Crippen molar-refractivity contribution in [3.8, 4) is 0 Å². The molecule has 0 aromatic carbocycles. The first-order valence-corrected chi connectivity index (χ1v) is 6.00. The van der Waals surface area contributed by atoms with Crippen molar-refractivity contribution in [3.05, 3.63) is 11.9 Å². The van der Waals surface area contributed by atoms with Crippen molar-refractivity contribution in [3.63, 3.8) is 0 Å². The maximum atomic E-state index is 5.80. The SMILES string of the molecule is CCc1nc(N)cc(N2CC(C)CC2C)n1. The van der Waals surface area contributed by atoms with Crippen molar-refractivity contribution in [1.29, 1.82) is 0 Å². The van der Waals surface area contributed by atoms with Crippen molar-refractivity contribution >= 4 is 11.6 Å².